The lowest BCUT2D eigenvalue weighted by Crippen LogP contribution is -2.04. The zero-order valence-corrected chi connectivity index (χ0v) is 10.4. The number of halogens is 3. The Kier molecular flexibility index (Phi) is 4.51. The van der Waals surface area contributed by atoms with Crippen LogP contribution in [0.15, 0.2) is 0 Å². The third-order valence-corrected chi connectivity index (χ3v) is 3.93. The molecule has 1 aromatic rings. The molecule has 0 unspecified atom stereocenters. The summed E-state index contributed by atoms with van der Waals surface area (Å²) in [6.45, 7) is 2.27. The van der Waals surface area contributed by atoms with Gasteiger partial charge in [-0.05, 0) is 6.42 Å². The SMILES string of the molecule is CCCOC(=O)c1sc(Cl)c(Cl)c1Cl. The molecule has 0 fully saturated rings. The van der Waals surface area contributed by atoms with E-state index >= 15 is 0 Å². The minimum Gasteiger partial charge on any atom is -0.461 e. The first-order valence-electron chi connectivity index (χ1n) is 3.88. The van der Waals surface area contributed by atoms with Crippen molar-refractivity contribution in [2.75, 3.05) is 6.61 Å². The Morgan fingerprint density at radius 1 is 1.36 bits per heavy atom. The van der Waals surface area contributed by atoms with Crippen LogP contribution in [0.4, 0.5) is 0 Å². The molecule has 78 valence electrons. The van der Waals surface area contributed by atoms with Gasteiger partial charge in [0, 0.05) is 0 Å². The van der Waals surface area contributed by atoms with E-state index in [0.717, 1.165) is 17.8 Å². The molecule has 0 atom stereocenters. The summed E-state index contributed by atoms with van der Waals surface area (Å²) in [5, 5.41) is 0.379. The van der Waals surface area contributed by atoms with E-state index in [2.05, 4.69) is 0 Å². The highest BCUT2D eigenvalue weighted by atomic mass is 35.5. The van der Waals surface area contributed by atoms with Gasteiger partial charge >= 0.3 is 5.97 Å². The molecule has 1 rings (SSSR count). The van der Waals surface area contributed by atoms with Gasteiger partial charge < -0.3 is 4.74 Å². The van der Waals surface area contributed by atoms with Crippen LogP contribution in [0, 0.1) is 0 Å². The molecule has 2 nitrogen and oxygen atoms in total. The van der Waals surface area contributed by atoms with E-state index in [4.69, 9.17) is 39.5 Å². The zero-order chi connectivity index (χ0) is 10.7. The molecule has 0 N–H and O–H groups in total. The summed E-state index contributed by atoms with van der Waals surface area (Å²) in [5.74, 6) is -0.476. The second kappa shape index (κ2) is 5.21. The van der Waals surface area contributed by atoms with Crippen LogP contribution in [0.25, 0.3) is 0 Å². The number of hydrogen-bond donors (Lipinski definition) is 0. The molecule has 1 aromatic heterocycles. The van der Waals surface area contributed by atoms with Gasteiger partial charge in [0.2, 0.25) is 0 Å². The molecule has 0 aliphatic heterocycles. The van der Waals surface area contributed by atoms with Crippen molar-refractivity contribution in [3.63, 3.8) is 0 Å². The minimum atomic E-state index is -0.476. The number of ether oxygens (including phenoxy) is 1. The van der Waals surface area contributed by atoms with Gasteiger partial charge in [-0.1, -0.05) is 41.7 Å². The fourth-order valence-electron chi connectivity index (χ4n) is 0.757. The number of esters is 1. The zero-order valence-electron chi connectivity index (χ0n) is 7.27. The molecule has 0 spiro atoms. The van der Waals surface area contributed by atoms with Crippen LogP contribution in [0.5, 0.6) is 0 Å². The van der Waals surface area contributed by atoms with E-state index < -0.39 is 5.97 Å². The fourth-order valence-corrected chi connectivity index (χ4v) is 2.45. The van der Waals surface area contributed by atoms with Gasteiger partial charge in [0.1, 0.15) is 9.21 Å². The average molecular weight is 274 g/mol. The van der Waals surface area contributed by atoms with Crippen molar-refractivity contribution in [2.24, 2.45) is 0 Å². The fraction of sp³-hybridized carbons (Fsp3) is 0.375. The van der Waals surface area contributed by atoms with Crippen LogP contribution in [0.2, 0.25) is 14.4 Å². The van der Waals surface area contributed by atoms with Crippen molar-refractivity contribution in [1.29, 1.82) is 0 Å². The Hall–Kier alpha value is 0.0400. The molecule has 0 saturated heterocycles. The first kappa shape index (κ1) is 12.1. The quantitative estimate of drug-likeness (QED) is 0.769. The lowest BCUT2D eigenvalue weighted by Gasteiger charge is -2.00. The van der Waals surface area contributed by atoms with Crippen LogP contribution in [0.1, 0.15) is 23.0 Å². The molecule has 0 aliphatic rings. The molecule has 1 heterocycles. The maximum Gasteiger partial charge on any atom is 0.349 e. The number of rotatable bonds is 3. The normalized spacial score (nSPS) is 10.3. The summed E-state index contributed by atoms with van der Waals surface area (Å²) in [4.78, 5) is 11.6. The summed E-state index contributed by atoms with van der Waals surface area (Å²) in [6, 6.07) is 0. The summed E-state index contributed by atoms with van der Waals surface area (Å²) < 4.78 is 5.20. The molecule has 0 saturated carbocycles. The maximum absolute atomic E-state index is 11.4. The largest absolute Gasteiger partial charge is 0.461 e. The predicted molar refractivity (Wildman–Crippen MR) is 59.9 cm³/mol. The summed E-state index contributed by atoms with van der Waals surface area (Å²) in [7, 11) is 0. The molecule has 0 aromatic carbocycles. The van der Waals surface area contributed by atoms with Crippen molar-refractivity contribution >= 4 is 52.1 Å². The minimum absolute atomic E-state index is 0.169. The van der Waals surface area contributed by atoms with Crippen molar-refractivity contribution in [3.8, 4) is 0 Å². The van der Waals surface area contributed by atoms with Crippen LogP contribution in [-0.2, 0) is 4.74 Å². The van der Waals surface area contributed by atoms with Gasteiger partial charge in [-0.3, -0.25) is 0 Å². The van der Waals surface area contributed by atoms with E-state index in [-0.39, 0.29) is 14.9 Å². The molecule has 0 aliphatic carbocycles. The average Bonchev–Trinajstić information content (AvgIpc) is 2.42. The van der Waals surface area contributed by atoms with Gasteiger partial charge in [0.25, 0.3) is 0 Å². The van der Waals surface area contributed by atoms with E-state index in [1.165, 1.54) is 0 Å². The topological polar surface area (TPSA) is 26.3 Å². The molecule has 14 heavy (non-hydrogen) atoms. The van der Waals surface area contributed by atoms with Gasteiger partial charge in [-0.2, -0.15) is 0 Å². The second-order valence-corrected chi connectivity index (χ2v) is 4.85. The van der Waals surface area contributed by atoms with Crippen LogP contribution in [-0.4, -0.2) is 12.6 Å². The number of carbonyl (C=O) groups excluding carboxylic acids is 1. The standard InChI is InChI=1S/C8H7Cl3O2S/c1-2-3-13-8(12)6-4(9)5(10)7(11)14-6/h2-3H2,1H3. The van der Waals surface area contributed by atoms with E-state index in [0.29, 0.717) is 10.9 Å². The maximum atomic E-state index is 11.4. The Balaban J connectivity index is 2.85. The lowest BCUT2D eigenvalue weighted by molar-refractivity contribution is 0.0511. The van der Waals surface area contributed by atoms with E-state index in [9.17, 15) is 4.79 Å². The molecule has 6 heteroatoms. The van der Waals surface area contributed by atoms with Gasteiger partial charge in [0.15, 0.2) is 0 Å². The van der Waals surface area contributed by atoms with Crippen LogP contribution < -0.4 is 0 Å². The predicted octanol–water partition coefficient (Wildman–Crippen LogP) is 4.28. The summed E-state index contributed by atoms with van der Waals surface area (Å²) >= 11 is 18.2. The number of thiophene rings is 1. The summed E-state index contributed by atoms with van der Waals surface area (Å²) in [5.41, 5.74) is 0. The number of carbonyl (C=O) groups is 1. The Morgan fingerprint density at radius 3 is 2.43 bits per heavy atom. The Morgan fingerprint density at radius 2 is 2.00 bits per heavy atom. The van der Waals surface area contributed by atoms with E-state index in [1.54, 1.807) is 0 Å². The summed E-state index contributed by atoms with van der Waals surface area (Å²) in [6.07, 6.45) is 0.760. The Labute approximate surface area is 101 Å². The second-order valence-electron chi connectivity index (χ2n) is 2.47. The van der Waals surface area contributed by atoms with Crippen molar-refractivity contribution in [2.45, 2.75) is 13.3 Å². The molecular formula is C8H7Cl3O2S. The molecule has 0 bridgehead atoms. The highest BCUT2D eigenvalue weighted by Gasteiger charge is 2.20. The highest BCUT2D eigenvalue weighted by molar-refractivity contribution is 7.19. The number of hydrogen-bond acceptors (Lipinski definition) is 3. The monoisotopic (exact) mass is 272 g/mol. The highest BCUT2D eigenvalue weighted by Crippen LogP contribution is 2.40. The smallest absolute Gasteiger partial charge is 0.349 e. The molecule has 0 radical (unpaired) electrons. The third-order valence-electron chi connectivity index (χ3n) is 1.38. The molecular weight excluding hydrogens is 267 g/mol. The van der Waals surface area contributed by atoms with Crippen molar-refractivity contribution in [1.82, 2.24) is 0 Å². The van der Waals surface area contributed by atoms with Crippen molar-refractivity contribution < 1.29 is 9.53 Å². The first-order chi connectivity index (χ1) is 6.57. The molecule has 0 amide bonds. The van der Waals surface area contributed by atoms with Crippen LogP contribution in [0.3, 0.4) is 0 Å². The third kappa shape index (κ3) is 2.54. The first-order valence-corrected chi connectivity index (χ1v) is 5.83. The Bertz CT molecular complexity index is 349. The van der Waals surface area contributed by atoms with Gasteiger partial charge in [-0.15, -0.1) is 11.3 Å². The van der Waals surface area contributed by atoms with Crippen LogP contribution >= 0.6 is 46.1 Å². The van der Waals surface area contributed by atoms with E-state index in [1.807, 2.05) is 6.92 Å². The lowest BCUT2D eigenvalue weighted by atomic mass is 10.4. The van der Waals surface area contributed by atoms with Gasteiger partial charge in [-0.25, -0.2) is 4.79 Å². The van der Waals surface area contributed by atoms with Gasteiger partial charge in [0.05, 0.1) is 16.7 Å². The van der Waals surface area contributed by atoms with Crippen molar-refractivity contribution in [3.05, 3.63) is 19.3 Å².